The summed E-state index contributed by atoms with van der Waals surface area (Å²) in [4.78, 5) is 5.72. The second kappa shape index (κ2) is 12.1. The molecule has 0 radical (unpaired) electrons. The highest BCUT2D eigenvalue weighted by Gasteiger charge is 2.24. The molecule has 0 amide bonds. The van der Waals surface area contributed by atoms with Crippen LogP contribution in [0.25, 0.3) is 82.5 Å². The Kier molecular flexibility index (Phi) is 6.86. The van der Waals surface area contributed by atoms with Crippen LogP contribution in [0.3, 0.4) is 0 Å². The van der Waals surface area contributed by atoms with Gasteiger partial charge in [0.25, 0.3) is 0 Å². The second-order valence-electron chi connectivity index (χ2n) is 14.3. The Morgan fingerprint density at radius 1 is 0.481 bits per heavy atom. The molecule has 0 aliphatic carbocycles. The van der Waals surface area contributed by atoms with E-state index in [4.69, 9.17) is 9.41 Å². The zero-order chi connectivity index (χ0) is 35.8. The lowest BCUT2D eigenvalue weighted by Crippen LogP contribution is -2.13. The van der Waals surface area contributed by atoms with E-state index in [1.807, 2.05) is 12.1 Å². The van der Waals surface area contributed by atoms with Crippen molar-refractivity contribution in [3.05, 3.63) is 187 Å². The van der Waals surface area contributed by atoms with Gasteiger partial charge >= 0.3 is 0 Å². The third-order valence-corrected chi connectivity index (χ3v) is 11.2. The van der Waals surface area contributed by atoms with Crippen molar-refractivity contribution in [1.29, 1.82) is 0 Å². The summed E-state index contributed by atoms with van der Waals surface area (Å²) in [6.07, 6.45) is 4.09. The molecule has 0 spiro atoms. The molecule has 256 valence electrons. The molecule has 0 atom stereocenters. The number of hydrogen-bond acceptors (Lipinski definition) is 2. The van der Waals surface area contributed by atoms with E-state index in [0.29, 0.717) is 0 Å². The Morgan fingerprint density at radius 3 is 1.80 bits per heavy atom. The summed E-state index contributed by atoms with van der Waals surface area (Å²) in [5, 5.41) is 7.11. The Morgan fingerprint density at radius 2 is 1.06 bits per heavy atom. The Bertz CT molecular complexity index is 3210. The first-order chi connectivity index (χ1) is 26.7. The Balaban J connectivity index is 1.26. The van der Waals surface area contributed by atoms with Crippen molar-refractivity contribution in [3.63, 3.8) is 0 Å². The summed E-state index contributed by atoms with van der Waals surface area (Å²) in [6, 6.07) is 58.5. The van der Waals surface area contributed by atoms with E-state index < -0.39 is 0 Å². The van der Waals surface area contributed by atoms with Crippen LogP contribution in [0.4, 0.5) is 0 Å². The second-order valence-corrected chi connectivity index (χ2v) is 14.3. The number of nitrogens with zero attached hydrogens (tertiary/aromatic N) is 3. The van der Waals surface area contributed by atoms with Crippen molar-refractivity contribution in [2.24, 2.45) is 4.99 Å². The third-order valence-electron chi connectivity index (χ3n) is 11.2. The molecule has 0 unspecified atom stereocenters. The van der Waals surface area contributed by atoms with E-state index in [1.165, 1.54) is 43.7 Å². The number of aromatic nitrogens is 2. The molecule has 1 aliphatic heterocycles. The summed E-state index contributed by atoms with van der Waals surface area (Å²) in [6.45, 7) is 2.24. The summed E-state index contributed by atoms with van der Waals surface area (Å²) < 4.78 is 11.3. The molecule has 10 aromatic rings. The summed E-state index contributed by atoms with van der Waals surface area (Å²) in [7, 11) is 0. The molecule has 1 aliphatic rings. The molecule has 3 aromatic heterocycles. The fourth-order valence-electron chi connectivity index (χ4n) is 8.67. The number of benzene rings is 7. The standard InChI is InChI=1S/C50H35N3O/c1-32-24-25-35(34-26-27-40-39-20-10-13-23-45(39)54-46(40)30-34)31-47(51-48(32)33-14-4-2-5-15-33)53-44-22-12-9-19-38(44)42-29-28-41-37-18-8-11-21-43(37)52(49(41)50(42)53)36-16-6-3-7-17-36/h2-23,26-31H,24-25H2,1H3/b35-31+,48-32-,51-47+. The fourth-order valence-corrected chi connectivity index (χ4v) is 8.67. The largest absolute Gasteiger partial charge is 0.456 e. The number of furan rings is 1. The zero-order valence-corrected chi connectivity index (χ0v) is 29.8. The predicted molar refractivity (Wildman–Crippen MR) is 227 cm³/mol. The van der Waals surface area contributed by atoms with Crippen LogP contribution in [0.15, 0.2) is 185 Å². The minimum atomic E-state index is 0.865. The van der Waals surface area contributed by atoms with Gasteiger partial charge in [0.2, 0.25) is 0 Å². The molecule has 0 N–H and O–H groups in total. The number of rotatable bonds is 3. The fraction of sp³-hybridized carbons (Fsp3) is 0.0600. The first-order valence-corrected chi connectivity index (χ1v) is 18.7. The van der Waals surface area contributed by atoms with Gasteiger partial charge in [-0.25, -0.2) is 4.99 Å². The lowest BCUT2D eigenvalue weighted by Gasteiger charge is -2.19. The molecule has 0 saturated carbocycles. The number of fused-ring (bicyclic) bond motifs is 10. The minimum absolute atomic E-state index is 0.865. The van der Waals surface area contributed by atoms with Crippen LogP contribution in [0, 0.1) is 0 Å². The molecule has 4 heterocycles. The van der Waals surface area contributed by atoms with Gasteiger partial charge < -0.3 is 8.98 Å². The van der Waals surface area contributed by atoms with Crippen molar-refractivity contribution < 1.29 is 4.42 Å². The number of aliphatic imine (C=N–C) groups is 1. The van der Waals surface area contributed by atoms with Crippen LogP contribution in [0.2, 0.25) is 0 Å². The molecule has 0 saturated heterocycles. The lowest BCUT2D eigenvalue weighted by atomic mass is 9.94. The summed E-state index contributed by atoms with van der Waals surface area (Å²) in [5.74, 6) is 0.885. The van der Waals surface area contributed by atoms with Crippen LogP contribution in [0.5, 0.6) is 0 Å². The van der Waals surface area contributed by atoms with Crippen molar-refractivity contribution in [2.45, 2.75) is 19.8 Å². The van der Waals surface area contributed by atoms with E-state index in [9.17, 15) is 0 Å². The maximum absolute atomic E-state index is 6.41. The van der Waals surface area contributed by atoms with Crippen molar-refractivity contribution >= 4 is 82.7 Å². The number of para-hydroxylation sites is 4. The first-order valence-electron chi connectivity index (χ1n) is 18.7. The van der Waals surface area contributed by atoms with Gasteiger partial charge in [0.1, 0.15) is 17.0 Å². The maximum Gasteiger partial charge on any atom is 0.138 e. The third kappa shape index (κ3) is 4.66. The Hall–Kier alpha value is -6.91. The first kappa shape index (κ1) is 30.7. The predicted octanol–water partition coefficient (Wildman–Crippen LogP) is 13.3. The van der Waals surface area contributed by atoms with E-state index in [2.05, 4.69) is 174 Å². The van der Waals surface area contributed by atoms with Gasteiger partial charge in [0.05, 0.1) is 27.8 Å². The van der Waals surface area contributed by atoms with E-state index in [-0.39, 0.29) is 0 Å². The van der Waals surface area contributed by atoms with Crippen LogP contribution in [0.1, 0.15) is 30.9 Å². The molecule has 54 heavy (non-hydrogen) atoms. The molecule has 11 rings (SSSR count). The molecule has 0 fully saturated rings. The van der Waals surface area contributed by atoms with Crippen molar-refractivity contribution in [1.82, 2.24) is 9.13 Å². The van der Waals surface area contributed by atoms with Gasteiger partial charge in [0.15, 0.2) is 0 Å². The summed E-state index contributed by atoms with van der Waals surface area (Å²) >= 11 is 0. The summed E-state index contributed by atoms with van der Waals surface area (Å²) in [5.41, 5.74) is 13.3. The monoisotopic (exact) mass is 693 g/mol. The van der Waals surface area contributed by atoms with Crippen LogP contribution in [-0.4, -0.2) is 15.0 Å². The molecule has 4 heteroatoms. The molecule has 4 nitrogen and oxygen atoms in total. The van der Waals surface area contributed by atoms with Crippen LogP contribution >= 0.6 is 0 Å². The highest BCUT2D eigenvalue weighted by atomic mass is 16.3. The van der Waals surface area contributed by atoms with Gasteiger partial charge in [-0.15, -0.1) is 0 Å². The zero-order valence-electron chi connectivity index (χ0n) is 29.8. The van der Waals surface area contributed by atoms with E-state index in [1.54, 1.807) is 0 Å². The van der Waals surface area contributed by atoms with E-state index in [0.717, 1.165) is 74.2 Å². The molecule has 7 aromatic carbocycles. The van der Waals surface area contributed by atoms with Gasteiger partial charge in [-0.2, -0.15) is 0 Å². The maximum atomic E-state index is 6.41. The van der Waals surface area contributed by atoms with Gasteiger partial charge in [-0.1, -0.05) is 121 Å². The molecular formula is C50H35N3O. The van der Waals surface area contributed by atoms with Gasteiger partial charge in [-0.3, -0.25) is 4.57 Å². The average Bonchev–Trinajstić information content (AvgIpc) is 3.88. The topological polar surface area (TPSA) is 35.4 Å². The quantitative estimate of drug-likeness (QED) is 0.181. The number of allylic oxidation sites excluding steroid dienone is 3. The van der Waals surface area contributed by atoms with Crippen molar-refractivity contribution in [3.8, 4) is 5.69 Å². The Labute approximate surface area is 312 Å². The van der Waals surface area contributed by atoms with Gasteiger partial charge in [-0.05, 0) is 85.0 Å². The average molecular weight is 694 g/mol. The van der Waals surface area contributed by atoms with Gasteiger partial charge in [0, 0.05) is 43.6 Å². The number of hydrogen-bond donors (Lipinski definition) is 0. The molecule has 0 bridgehead atoms. The highest BCUT2D eigenvalue weighted by molar-refractivity contribution is 6.27. The van der Waals surface area contributed by atoms with Crippen LogP contribution < -0.4 is 0 Å². The SMILES string of the molecule is C/C1=C(c2ccccc2)/N=C(n2c3ccccc3c3ccc4c5ccccc5n(-c5ccccc5)c4c32)\C=C(\c2ccc3c(c2)oc2ccccc23)CC1. The lowest BCUT2D eigenvalue weighted by molar-refractivity contribution is 0.669. The highest BCUT2D eigenvalue weighted by Crippen LogP contribution is 2.42. The normalized spacial score (nSPS) is 17.3. The molecular weight excluding hydrogens is 659 g/mol. The van der Waals surface area contributed by atoms with Crippen molar-refractivity contribution in [2.75, 3.05) is 0 Å². The minimum Gasteiger partial charge on any atom is -0.456 e. The van der Waals surface area contributed by atoms with E-state index >= 15 is 0 Å². The smallest absolute Gasteiger partial charge is 0.138 e. The van der Waals surface area contributed by atoms with Crippen LogP contribution in [-0.2, 0) is 0 Å².